The summed E-state index contributed by atoms with van der Waals surface area (Å²) in [5.41, 5.74) is 2.07. The first-order chi connectivity index (χ1) is 6.89. The predicted molar refractivity (Wildman–Crippen MR) is 58.2 cm³/mol. The van der Waals surface area contributed by atoms with Crippen LogP contribution in [0.2, 0.25) is 0 Å². The Kier molecular flexibility index (Phi) is 1.88. The Morgan fingerprint density at radius 3 is 2.71 bits per heavy atom. The first kappa shape index (κ1) is 8.49. The molecule has 1 aliphatic heterocycles. The Morgan fingerprint density at radius 1 is 1.21 bits per heavy atom. The Labute approximate surface area is 85.5 Å². The summed E-state index contributed by atoms with van der Waals surface area (Å²) in [6.07, 6.45) is 5.46. The minimum absolute atomic E-state index is 0.565. The molecule has 2 aliphatic rings. The molecule has 1 aromatic carbocycles. The molecular weight excluding hydrogens is 170 g/mol. The van der Waals surface area contributed by atoms with E-state index in [9.17, 15) is 0 Å². The lowest BCUT2D eigenvalue weighted by Gasteiger charge is -2.18. The maximum absolute atomic E-state index is 3.68. The van der Waals surface area contributed by atoms with E-state index in [4.69, 9.17) is 0 Å². The molecule has 1 N–H and O–H groups in total. The quantitative estimate of drug-likeness (QED) is 0.749. The Hall–Kier alpha value is -0.820. The summed E-state index contributed by atoms with van der Waals surface area (Å²) < 4.78 is 0. The van der Waals surface area contributed by atoms with E-state index >= 15 is 0 Å². The normalized spacial score (nSPS) is 28.1. The zero-order valence-corrected chi connectivity index (χ0v) is 8.50. The molecule has 1 saturated heterocycles. The van der Waals surface area contributed by atoms with Crippen molar-refractivity contribution in [1.82, 2.24) is 5.32 Å². The molecule has 1 aliphatic carbocycles. The molecule has 1 spiro atoms. The van der Waals surface area contributed by atoms with Crippen LogP contribution in [-0.2, 0) is 6.42 Å². The van der Waals surface area contributed by atoms with E-state index < -0.39 is 0 Å². The summed E-state index contributed by atoms with van der Waals surface area (Å²) >= 11 is 0. The SMILES string of the molecule is c1ccc(CC2CCNC23CC3)cc1. The van der Waals surface area contributed by atoms with Crippen molar-refractivity contribution in [1.29, 1.82) is 0 Å². The Morgan fingerprint density at radius 2 is 2.00 bits per heavy atom. The predicted octanol–water partition coefficient (Wildman–Crippen LogP) is 2.37. The van der Waals surface area contributed by atoms with Gasteiger partial charge in [0.15, 0.2) is 0 Å². The summed E-state index contributed by atoms with van der Waals surface area (Å²) in [5.74, 6) is 0.893. The smallest absolute Gasteiger partial charge is 0.0214 e. The second kappa shape index (κ2) is 3.09. The maximum Gasteiger partial charge on any atom is 0.0214 e. The third kappa shape index (κ3) is 1.36. The lowest BCUT2D eigenvalue weighted by atomic mass is 9.91. The van der Waals surface area contributed by atoms with Crippen LogP contribution in [0.5, 0.6) is 0 Å². The molecule has 2 fully saturated rings. The highest BCUT2D eigenvalue weighted by Crippen LogP contribution is 2.48. The number of benzene rings is 1. The Balaban J connectivity index is 1.73. The molecule has 1 heteroatoms. The molecular formula is C13H17N. The number of rotatable bonds is 2. The van der Waals surface area contributed by atoms with Gasteiger partial charge in [0.25, 0.3) is 0 Å². The van der Waals surface area contributed by atoms with Crippen LogP contribution in [0, 0.1) is 5.92 Å². The van der Waals surface area contributed by atoms with Gasteiger partial charge >= 0.3 is 0 Å². The summed E-state index contributed by atoms with van der Waals surface area (Å²) in [5, 5.41) is 3.68. The average Bonchev–Trinajstić information content (AvgIpc) is 2.89. The van der Waals surface area contributed by atoms with Gasteiger partial charge in [0.05, 0.1) is 0 Å². The third-order valence-corrected chi connectivity index (χ3v) is 3.86. The summed E-state index contributed by atoms with van der Waals surface area (Å²) in [6.45, 7) is 1.23. The number of nitrogens with one attached hydrogen (secondary N) is 1. The van der Waals surface area contributed by atoms with E-state index in [1.807, 2.05) is 0 Å². The molecule has 1 heterocycles. The molecule has 3 rings (SSSR count). The van der Waals surface area contributed by atoms with Crippen molar-refractivity contribution in [2.75, 3.05) is 6.54 Å². The van der Waals surface area contributed by atoms with Gasteiger partial charge in [0, 0.05) is 5.54 Å². The first-order valence-corrected chi connectivity index (χ1v) is 5.68. The van der Waals surface area contributed by atoms with Crippen LogP contribution < -0.4 is 5.32 Å². The monoisotopic (exact) mass is 187 g/mol. The highest BCUT2D eigenvalue weighted by atomic mass is 15.1. The van der Waals surface area contributed by atoms with E-state index in [1.165, 1.54) is 37.8 Å². The van der Waals surface area contributed by atoms with Crippen LogP contribution in [0.3, 0.4) is 0 Å². The number of hydrogen-bond donors (Lipinski definition) is 1. The highest BCUT2D eigenvalue weighted by Gasteiger charge is 2.51. The molecule has 0 amide bonds. The van der Waals surface area contributed by atoms with Crippen LogP contribution >= 0.6 is 0 Å². The maximum atomic E-state index is 3.68. The van der Waals surface area contributed by atoms with Crippen molar-refractivity contribution >= 4 is 0 Å². The van der Waals surface area contributed by atoms with Crippen LogP contribution in [0.4, 0.5) is 0 Å². The van der Waals surface area contributed by atoms with Crippen LogP contribution in [0.15, 0.2) is 30.3 Å². The second-order valence-electron chi connectivity index (χ2n) is 4.76. The second-order valence-corrected chi connectivity index (χ2v) is 4.76. The molecule has 14 heavy (non-hydrogen) atoms. The van der Waals surface area contributed by atoms with Gasteiger partial charge in [0.2, 0.25) is 0 Å². The lowest BCUT2D eigenvalue weighted by Crippen LogP contribution is -2.30. The van der Waals surface area contributed by atoms with E-state index in [1.54, 1.807) is 0 Å². The minimum Gasteiger partial charge on any atom is -0.311 e. The van der Waals surface area contributed by atoms with E-state index in [0.29, 0.717) is 5.54 Å². The van der Waals surface area contributed by atoms with E-state index in [0.717, 1.165) is 5.92 Å². The van der Waals surface area contributed by atoms with Crippen molar-refractivity contribution in [3.05, 3.63) is 35.9 Å². The van der Waals surface area contributed by atoms with E-state index in [2.05, 4.69) is 35.6 Å². The van der Waals surface area contributed by atoms with Crippen molar-refractivity contribution < 1.29 is 0 Å². The van der Waals surface area contributed by atoms with Gasteiger partial charge < -0.3 is 5.32 Å². The molecule has 1 nitrogen and oxygen atoms in total. The van der Waals surface area contributed by atoms with Gasteiger partial charge in [-0.3, -0.25) is 0 Å². The van der Waals surface area contributed by atoms with Crippen LogP contribution in [-0.4, -0.2) is 12.1 Å². The molecule has 0 bridgehead atoms. The third-order valence-electron chi connectivity index (χ3n) is 3.86. The van der Waals surface area contributed by atoms with Gasteiger partial charge in [0.1, 0.15) is 0 Å². The molecule has 1 unspecified atom stereocenters. The fourth-order valence-corrected chi connectivity index (χ4v) is 2.83. The first-order valence-electron chi connectivity index (χ1n) is 5.68. The van der Waals surface area contributed by atoms with Gasteiger partial charge in [-0.25, -0.2) is 0 Å². The molecule has 74 valence electrons. The van der Waals surface area contributed by atoms with Crippen molar-refractivity contribution in [3.8, 4) is 0 Å². The van der Waals surface area contributed by atoms with Gasteiger partial charge in [-0.15, -0.1) is 0 Å². The zero-order chi connectivity index (χ0) is 9.43. The van der Waals surface area contributed by atoms with Crippen LogP contribution in [0.25, 0.3) is 0 Å². The molecule has 1 saturated carbocycles. The van der Waals surface area contributed by atoms with Crippen molar-refractivity contribution in [2.45, 2.75) is 31.2 Å². The standard InChI is InChI=1S/C13H17N/c1-2-4-11(5-3-1)10-12-6-9-14-13(12)7-8-13/h1-5,12,14H,6-10H2. The molecule has 0 aromatic heterocycles. The van der Waals surface area contributed by atoms with Crippen molar-refractivity contribution in [2.24, 2.45) is 5.92 Å². The molecule has 0 radical (unpaired) electrons. The Bertz CT molecular complexity index is 313. The number of hydrogen-bond acceptors (Lipinski definition) is 1. The highest BCUT2D eigenvalue weighted by molar-refractivity contribution is 5.19. The van der Waals surface area contributed by atoms with Gasteiger partial charge in [-0.1, -0.05) is 30.3 Å². The topological polar surface area (TPSA) is 12.0 Å². The fraction of sp³-hybridized carbons (Fsp3) is 0.538. The largest absolute Gasteiger partial charge is 0.311 e. The molecule has 1 atom stereocenters. The van der Waals surface area contributed by atoms with Gasteiger partial charge in [-0.05, 0) is 43.7 Å². The van der Waals surface area contributed by atoms with Gasteiger partial charge in [-0.2, -0.15) is 0 Å². The fourth-order valence-electron chi connectivity index (χ4n) is 2.83. The molecule has 1 aromatic rings. The lowest BCUT2D eigenvalue weighted by molar-refractivity contribution is 0.428. The summed E-state index contributed by atoms with van der Waals surface area (Å²) in [4.78, 5) is 0. The van der Waals surface area contributed by atoms with E-state index in [-0.39, 0.29) is 0 Å². The summed E-state index contributed by atoms with van der Waals surface area (Å²) in [6, 6.07) is 10.9. The van der Waals surface area contributed by atoms with Crippen molar-refractivity contribution in [3.63, 3.8) is 0 Å². The van der Waals surface area contributed by atoms with Crippen LogP contribution in [0.1, 0.15) is 24.8 Å². The average molecular weight is 187 g/mol. The minimum atomic E-state index is 0.565. The zero-order valence-electron chi connectivity index (χ0n) is 8.50. The summed E-state index contributed by atoms with van der Waals surface area (Å²) in [7, 11) is 0.